The van der Waals surface area contributed by atoms with E-state index in [9.17, 15) is 0 Å². The summed E-state index contributed by atoms with van der Waals surface area (Å²) in [6.45, 7) is 0. The number of benzene rings is 12. The zero-order valence-corrected chi connectivity index (χ0v) is 40.8. The lowest BCUT2D eigenvalue weighted by atomic mass is 10.00. The van der Waals surface area contributed by atoms with E-state index >= 15 is 0 Å². The van der Waals surface area contributed by atoms with Gasteiger partial charge in [-0.15, -0.1) is 0 Å². The van der Waals surface area contributed by atoms with E-state index in [4.69, 9.17) is 9.40 Å². The van der Waals surface area contributed by atoms with Crippen molar-refractivity contribution >= 4 is 106 Å². The summed E-state index contributed by atoms with van der Waals surface area (Å²) in [6.07, 6.45) is 0. The molecule has 0 spiro atoms. The van der Waals surface area contributed by atoms with Crippen molar-refractivity contribution < 1.29 is 4.42 Å². The Morgan fingerprint density at radius 2 is 0.720 bits per heavy atom. The smallest absolute Gasteiger partial charge is 0.227 e. The van der Waals surface area contributed by atoms with Gasteiger partial charge in [0, 0.05) is 61.5 Å². The lowest BCUT2D eigenvalue weighted by Crippen LogP contribution is -2.15. The standard InChI is InChI=1S/C69H47N5O/c1-6-21-50(22-7-1)69-70-64-42-40-49-38-37-48-39-41-57(47-63(48)67(49)68(64)75-69)72(53-27-12-4-13-28-53)55-31-20-32-56(43-55)73(54-29-14-5-15-30-54)59-44-58(71(51-23-8-2-9-24-51)52-25-10-3-11-26-52)45-60(46-59)74-65-35-18-16-33-61(65)62-34-17-19-36-66(62)74/h1-47H. The van der Waals surface area contributed by atoms with Gasteiger partial charge in [-0.2, -0.15) is 0 Å². The third-order valence-corrected chi connectivity index (χ3v) is 14.3. The molecule has 354 valence electrons. The van der Waals surface area contributed by atoms with E-state index in [0.29, 0.717) is 5.89 Å². The predicted molar refractivity (Wildman–Crippen MR) is 313 cm³/mol. The molecular weight excluding hydrogens is 915 g/mol. The molecule has 0 aliphatic heterocycles. The van der Waals surface area contributed by atoms with Crippen molar-refractivity contribution in [3.63, 3.8) is 0 Å². The van der Waals surface area contributed by atoms with Gasteiger partial charge in [-0.1, -0.05) is 158 Å². The number of hydrogen-bond donors (Lipinski definition) is 0. The summed E-state index contributed by atoms with van der Waals surface area (Å²) >= 11 is 0. The van der Waals surface area contributed by atoms with Gasteiger partial charge in [-0.25, -0.2) is 4.98 Å². The van der Waals surface area contributed by atoms with Crippen LogP contribution in [-0.4, -0.2) is 9.55 Å². The molecule has 6 heteroatoms. The van der Waals surface area contributed by atoms with E-state index in [0.717, 1.165) is 106 Å². The third-order valence-electron chi connectivity index (χ3n) is 14.3. The summed E-state index contributed by atoms with van der Waals surface area (Å²) < 4.78 is 9.10. The highest BCUT2D eigenvalue weighted by Crippen LogP contribution is 2.46. The van der Waals surface area contributed by atoms with E-state index in [1.165, 1.54) is 10.8 Å². The highest BCUT2D eigenvalue weighted by atomic mass is 16.3. The Labute approximate surface area is 434 Å². The Hall–Kier alpha value is -10.2. The van der Waals surface area contributed by atoms with Crippen LogP contribution in [0.5, 0.6) is 0 Å². The van der Waals surface area contributed by atoms with Crippen LogP contribution in [0, 0.1) is 0 Å². The molecule has 0 unspecified atom stereocenters. The van der Waals surface area contributed by atoms with Gasteiger partial charge < -0.3 is 23.7 Å². The maximum Gasteiger partial charge on any atom is 0.227 e. The number of anilines is 9. The van der Waals surface area contributed by atoms with Gasteiger partial charge in [-0.05, 0) is 144 Å². The molecule has 0 atom stereocenters. The zero-order valence-electron chi connectivity index (χ0n) is 40.8. The second-order valence-corrected chi connectivity index (χ2v) is 18.8. The van der Waals surface area contributed by atoms with Crippen molar-refractivity contribution in [3.8, 4) is 17.1 Å². The molecular formula is C69H47N5O. The second-order valence-electron chi connectivity index (χ2n) is 18.8. The summed E-state index contributed by atoms with van der Waals surface area (Å²) in [5.74, 6) is 0.609. The molecule has 0 saturated heterocycles. The largest absolute Gasteiger partial charge is 0.435 e. The average molecular weight is 962 g/mol. The van der Waals surface area contributed by atoms with Gasteiger partial charge in [0.05, 0.1) is 28.1 Å². The molecule has 75 heavy (non-hydrogen) atoms. The predicted octanol–water partition coefficient (Wildman–Crippen LogP) is 19.3. The van der Waals surface area contributed by atoms with Gasteiger partial charge in [0.15, 0.2) is 5.58 Å². The molecule has 6 nitrogen and oxygen atoms in total. The minimum Gasteiger partial charge on any atom is -0.435 e. The molecule has 2 heterocycles. The number of para-hydroxylation sites is 6. The van der Waals surface area contributed by atoms with E-state index in [-0.39, 0.29) is 0 Å². The van der Waals surface area contributed by atoms with Gasteiger partial charge in [0.2, 0.25) is 5.89 Å². The van der Waals surface area contributed by atoms with E-state index in [1.54, 1.807) is 0 Å². The third kappa shape index (κ3) is 7.80. The quantitative estimate of drug-likeness (QED) is 0.121. The summed E-state index contributed by atoms with van der Waals surface area (Å²) in [6, 6.07) is 102. The van der Waals surface area contributed by atoms with E-state index < -0.39 is 0 Å². The Kier molecular flexibility index (Phi) is 10.7. The van der Waals surface area contributed by atoms with Crippen LogP contribution in [0.2, 0.25) is 0 Å². The number of oxazole rings is 1. The Morgan fingerprint density at radius 1 is 0.307 bits per heavy atom. The minimum atomic E-state index is 0.609. The first-order valence-electron chi connectivity index (χ1n) is 25.4. The highest BCUT2D eigenvalue weighted by molar-refractivity contribution is 6.19. The molecule has 0 N–H and O–H groups in total. The Morgan fingerprint density at radius 3 is 1.28 bits per heavy atom. The number of fused-ring (bicyclic) bond motifs is 8. The fraction of sp³-hybridized carbons (Fsp3) is 0. The molecule has 0 radical (unpaired) electrons. The highest BCUT2D eigenvalue weighted by Gasteiger charge is 2.23. The monoisotopic (exact) mass is 961 g/mol. The van der Waals surface area contributed by atoms with E-state index in [1.807, 2.05) is 30.3 Å². The van der Waals surface area contributed by atoms with Crippen molar-refractivity contribution in [2.24, 2.45) is 0 Å². The van der Waals surface area contributed by atoms with E-state index in [2.05, 4.69) is 274 Å². The number of rotatable bonds is 11. The van der Waals surface area contributed by atoms with Crippen molar-refractivity contribution in [2.75, 3.05) is 14.7 Å². The van der Waals surface area contributed by atoms with Crippen molar-refractivity contribution in [2.45, 2.75) is 0 Å². The first-order chi connectivity index (χ1) is 37.2. The van der Waals surface area contributed by atoms with Gasteiger partial charge in [-0.3, -0.25) is 0 Å². The number of nitrogens with zero attached hydrogens (tertiary/aromatic N) is 5. The van der Waals surface area contributed by atoms with Crippen LogP contribution in [0.1, 0.15) is 0 Å². The number of aromatic nitrogens is 2. The normalized spacial score (nSPS) is 11.5. The number of hydrogen-bond acceptors (Lipinski definition) is 5. The van der Waals surface area contributed by atoms with Crippen molar-refractivity contribution in [1.82, 2.24) is 9.55 Å². The molecule has 0 amide bonds. The maximum atomic E-state index is 6.68. The lowest BCUT2D eigenvalue weighted by molar-refractivity contribution is 0.623. The second kappa shape index (κ2) is 18.5. The molecule has 0 fully saturated rings. The van der Waals surface area contributed by atoms with Crippen LogP contribution in [0.4, 0.5) is 51.2 Å². The Balaban J connectivity index is 0.982. The van der Waals surface area contributed by atoms with Crippen LogP contribution in [0.25, 0.3) is 71.6 Å². The van der Waals surface area contributed by atoms with Crippen LogP contribution >= 0.6 is 0 Å². The zero-order chi connectivity index (χ0) is 49.7. The first-order valence-corrected chi connectivity index (χ1v) is 25.4. The van der Waals surface area contributed by atoms with Gasteiger partial charge in [0.25, 0.3) is 0 Å². The summed E-state index contributed by atoms with van der Waals surface area (Å²) in [5, 5.41) is 6.76. The molecule has 14 rings (SSSR count). The Bertz CT molecular complexity index is 4270. The minimum absolute atomic E-state index is 0.609. The maximum absolute atomic E-state index is 6.68. The summed E-state index contributed by atoms with van der Waals surface area (Å²) in [4.78, 5) is 12.1. The van der Waals surface area contributed by atoms with Crippen LogP contribution in [0.15, 0.2) is 290 Å². The van der Waals surface area contributed by atoms with Gasteiger partial charge in [0.1, 0.15) is 5.52 Å². The molecule has 0 bridgehead atoms. The first kappa shape index (κ1) is 43.6. The summed E-state index contributed by atoms with van der Waals surface area (Å²) in [7, 11) is 0. The topological polar surface area (TPSA) is 40.7 Å². The fourth-order valence-corrected chi connectivity index (χ4v) is 10.9. The molecule has 12 aromatic carbocycles. The van der Waals surface area contributed by atoms with Crippen LogP contribution in [-0.2, 0) is 0 Å². The van der Waals surface area contributed by atoms with Crippen LogP contribution in [0.3, 0.4) is 0 Å². The molecule has 14 aromatic rings. The molecule has 0 aliphatic carbocycles. The van der Waals surface area contributed by atoms with Crippen molar-refractivity contribution in [1.29, 1.82) is 0 Å². The SMILES string of the molecule is c1ccc(-c2nc3ccc4ccc5ccc(N(c6ccccc6)c6cccc(N(c7ccccc7)c7cc(N(c8ccccc8)c8ccccc8)cc(-n8c9ccccc9c9ccccc98)c7)c6)cc5c4c3o2)cc1. The van der Waals surface area contributed by atoms with Crippen LogP contribution < -0.4 is 14.7 Å². The van der Waals surface area contributed by atoms with Gasteiger partial charge >= 0.3 is 0 Å². The summed E-state index contributed by atoms with van der Waals surface area (Å²) in [5.41, 5.74) is 15.1. The molecule has 0 aliphatic rings. The average Bonchev–Trinajstić information content (AvgIpc) is 4.10. The fourth-order valence-electron chi connectivity index (χ4n) is 10.9. The van der Waals surface area contributed by atoms with Crippen molar-refractivity contribution in [3.05, 3.63) is 285 Å². The lowest BCUT2D eigenvalue weighted by Gasteiger charge is -2.31. The molecule has 0 saturated carbocycles. The molecule has 2 aromatic heterocycles.